The molecule has 2 aromatic rings. The number of carbonyl (C=O) groups is 2. The summed E-state index contributed by atoms with van der Waals surface area (Å²) in [6, 6.07) is 11.0. The second-order valence-electron chi connectivity index (χ2n) is 6.28. The van der Waals surface area contributed by atoms with Crippen molar-refractivity contribution in [1.29, 1.82) is 0 Å². The van der Waals surface area contributed by atoms with Gasteiger partial charge in [-0.25, -0.2) is 9.59 Å². The maximum atomic E-state index is 12.0. The first-order valence-electron chi connectivity index (χ1n) is 8.27. The highest BCUT2D eigenvalue weighted by atomic mass is 35.5. The van der Waals surface area contributed by atoms with Gasteiger partial charge >= 0.3 is 11.9 Å². The second kappa shape index (κ2) is 6.65. The number of hydrogen-bond acceptors (Lipinski definition) is 5. The summed E-state index contributed by atoms with van der Waals surface area (Å²) in [4.78, 5) is 35.3. The fourth-order valence-electron chi connectivity index (χ4n) is 3.28. The number of carboxylic acids is 2. The summed E-state index contributed by atoms with van der Waals surface area (Å²) >= 11 is 6.00. The van der Waals surface area contributed by atoms with Gasteiger partial charge in [-0.15, -0.1) is 0 Å². The third-order valence-electron chi connectivity index (χ3n) is 4.55. The minimum absolute atomic E-state index is 0.0337. The van der Waals surface area contributed by atoms with Crippen LogP contribution in [0.4, 0.5) is 0 Å². The molecule has 4 rings (SSSR count). The number of aromatic carboxylic acids is 2. The summed E-state index contributed by atoms with van der Waals surface area (Å²) in [6.07, 6.45) is 0. The molecule has 8 heteroatoms. The highest BCUT2D eigenvalue weighted by molar-refractivity contribution is 6.31. The first kappa shape index (κ1) is 18.5. The lowest BCUT2D eigenvalue weighted by Gasteiger charge is -2.17. The van der Waals surface area contributed by atoms with Gasteiger partial charge in [0.15, 0.2) is 0 Å². The van der Waals surface area contributed by atoms with Gasteiger partial charge in [0.05, 0.1) is 10.6 Å². The number of halogens is 1. The van der Waals surface area contributed by atoms with Crippen molar-refractivity contribution in [2.45, 2.75) is 0 Å². The lowest BCUT2D eigenvalue weighted by atomic mass is 9.90. The fourth-order valence-corrected chi connectivity index (χ4v) is 3.44. The van der Waals surface area contributed by atoms with E-state index in [1.54, 1.807) is 18.2 Å². The maximum absolute atomic E-state index is 12.0. The topological polar surface area (TPSA) is 125 Å². The van der Waals surface area contributed by atoms with Crippen molar-refractivity contribution in [2.75, 3.05) is 0 Å². The zero-order valence-electron chi connectivity index (χ0n) is 14.5. The Balaban J connectivity index is 2.27. The Kier molecular flexibility index (Phi) is 4.24. The average molecular weight is 411 g/mol. The average Bonchev–Trinajstić information content (AvgIpc) is 2.67. The van der Waals surface area contributed by atoms with Crippen molar-refractivity contribution in [2.24, 2.45) is 0 Å². The van der Waals surface area contributed by atoms with E-state index in [1.807, 2.05) is 0 Å². The molecule has 0 radical (unpaired) electrons. The van der Waals surface area contributed by atoms with E-state index >= 15 is 0 Å². The fraction of sp³-hybridized carbons (Fsp3) is 0. The number of hydrogen-bond donors (Lipinski definition) is 3. The molecule has 1 heterocycles. The summed E-state index contributed by atoms with van der Waals surface area (Å²) in [7, 11) is 0. The molecule has 0 atom stereocenters. The maximum Gasteiger partial charge on any atom is 0.339 e. The number of aromatic hydroxyl groups is 1. The largest absolute Gasteiger partial charge is 0.507 e. The van der Waals surface area contributed by atoms with Crippen LogP contribution in [0, 0.1) is 0 Å². The zero-order chi connectivity index (χ0) is 20.9. The lowest BCUT2D eigenvalue weighted by molar-refractivity contribution is 0.0684. The Bertz CT molecular complexity index is 1350. The number of phenols is 1. The number of fused-ring (bicyclic) bond motifs is 2. The SMILES string of the molecule is O=C(O)c1cc2c(-c3ccccc3C(=O)O)c3cc(Cl)c(=O)cc-3oc2cc1O. The van der Waals surface area contributed by atoms with E-state index < -0.39 is 23.1 Å². The van der Waals surface area contributed by atoms with Gasteiger partial charge in [0.2, 0.25) is 5.43 Å². The first-order chi connectivity index (χ1) is 13.8. The van der Waals surface area contributed by atoms with Crippen molar-refractivity contribution in [3.63, 3.8) is 0 Å². The molecule has 1 aliphatic heterocycles. The van der Waals surface area contributed by atoms with Gasteiger partial charge in [-0.3, -0.25) is 4.79 Å². The van der Waals surface area contributed by atoms with Gasteiger partial charge in [0.1, 0.15) is 22.7 Å². The molecule has 0 aromatic heterocycles. The van der Waals surface area contributed by atoms with Crippen LogP contribution >= 0.6 is 11.6 Å². The Labute approximate surface area is 167 Å². The molecule has 2 aliphatic rings. The van der Waals surface area contributed by atoms with Gasteiger partial charge in [-0.2, -0.15) is 0 Å². The number of carboxylic acid groups (broad SMARTS) is 2. The Hall–Kier alpha value is -3.84. The first-order valence-corrected chi connectivity index (χ1v) is 8.65. The third-order valence-corrected chi connectivity index (χ3v) is 4.84. The van der Waals surface area contributed by atoms with Crippen molar-refractivity contribution >= 4 is 34.5 Å². The van der Waals surface area contributed by atoms with Crippen molar-refractivity contribution in [1.82, 2.24) is 0 Å². The van der Waals surface area contributed by atoms with E-state index in [1.165, 1.54) is 18.2 Å². The standard InChI is InChI=1S/C21H11ClO7/c22-14-6-13-18(8-16(14)24)29-17-7-15(23)11(21(27)28)5-12(17)19(13)9-3-1-2-4-10(9)20(25)26/h1-8,23H,(H,25,26)(H,27,28). The van der Waals surface area contributed by atoms with Crippen LogP contribution in [0.25, 0.3) is 33.4 Å². The monoisotopic (exact) mass is 410 g/mol. The van der Waals surface area contributed by atoms with E-state index in [2.05, 4.69) is 0 Å². The predicted molar refractivity (Wildman–Crippen MR) is 105 cm³/mol. The lowest BCUT2D eigenvalue weighted by Crippen LogP contribution is -2.05. The van der Waals surface area contributed by atoms with Gasteiger partial charge in [0.25, 0.3) is 0 Å². The van der Waals surface area contributed by atoms with Crippen LogP contribution in [0.1, 0.15) is 20.7 Å². The van der Waals surface area contributed by atoms with Crippen LogP contribution in [-0.4, -0.2) is 27.3 Å². The van der Waals surface area contributed by atoms with E-state index in [-0.39, 0.29) is 38.4 Å². The number of benzene rings is 3. The molecule has 144 valence electrons. The van der Waals surface area contributed by atoms with Crippen molar-refractivity contribution in [3.8, 4) is 28.2 Å². The molecule has 0 amide bonds. The van der Waals surface area contributed by atoms with E-state index in [0.717, 1.165) is 12.1 Å². The molecule has 3 N–H and O–H groups in total. The quantitative estimate of drug-likeness (QED) is 0.429. The van der Waals surface area contributed by atoms with Crippen LogP contribution in [0.2, 0.25) is 5.02 Å². The van der Waals surface area contributed by atoms with Crippen LogP contribution in [-0.2, 0) is 0 Å². The van der Waals surface area contributed by atoms with Gasteiger partial charge in [0, 0.05) is 28.6 Å². The Morgan fingerprint density at radius 1 is 0.897 bits per heavy atom. The zero-order valence-corrected chi connectivity index (χ0v) is 15.2. The molecule has 0 fully saturated rings. The van der Waals surface area contributed by atoms with Gasteiger partial charge < -0.3 is 19.7 Å². The Morgan fingerprint density at radius 3 is 2.28 bits per heavy atom. The molecular formula is C21H11ClO7. The predicted octanol–water partition coefficient (Wildman–Crippen LogP) is 4.32. The Morgan fingerprint density at radius 2 is 1.59 bits per heavy atom. The molecular weight excluding hydrogens is 400 g/mol. The van der Waals surface area contributed by atoms with Gasteiger partial charge in [-0.05, 0) is 23.8 Å². The van der Waals surface area contributed by atoms with E-state index in [4.69, 9.17) is 16.0 Å². The molecule has 29 heavy (non-hydrogen) atoms. The van der Waals surface area contributed by atoms with Crippen LogP contribution in [0.5, 0.6) is 5.75 Å². The third kappa shape index (κ3) is 2.97. The number of rotatable bonds is 3. The summed E-state index contributed by atoms with van der Waals surface area (Å²) in [5.41, 5.74) is 0.105. The molecule has 0 saturated carbocycles. The molecule has 0 spiro atoms. The summed E-state index contributed by atoms with van der Waals surface area (Å²) in [5.74, 6) is -2.96. The normalized spacial score (nSPS) is 11.1. The van der Waals surface area contributed by atoms with Crippen LogP contribution in [0.15, 0.2) is 57.7 Å². The molecule has 0 saturated heterocycles. The van der Waals surface area contributed by atoms with E-state index in [0.29, 0.717) is 11.1 Å². The van der Waals surface area contributed by atoms with Crippen LogP contribution in [0.3, 0.4) is 0 Å². The van der Waals surface area contributed by atoms with Gasteiger partial charge in [-0.1, -0.05) is 29.8 Å². The highest BCUT2D eigenvalue weighted by Gasteiger charge is 2.24. The molecule has 0 bridgehead atoms. The minimum atomic E-state index is -1.37. The van der Waals surface area contributed by atoms with Crippen LogP contribution < -0.4 is 5.43 Å². The smallest absolute Gasteiger partial charge is 0.339 e. The second-order valence-corrected chi connectivity index (χ2v) is 6.68. The summed E-state index contributed by atoms with van der Waals surface area (Å²) in [6.45, 7) is 0. The minimum Gasteiger partial charge on any atom is -0.507 e. The van der Waals surface area contributed by atoms with Crippen molar-refractivity contribution in [3.05, 3.63) is 74.9 Å². The summed E-state index contributed by atoms with van der Waals surface area (Å²) in [5, 5.41) is 29.2. The highest BCUT2D eigenvalue weighted by Crippen LogP contribution is 2.43. The molecule has 2 aromatic carbocycles. The van der Waals surface area contributed by atoms with Crippen molar-refractivity contribution < 1.29 is 29.3 Å². The molecule has 7 nitrogen and oxygen atoms in total. The summed E-state index contributed by atoms with van der Waals surface area (Å²) < 4.78 is 5.70. The van der Waals surface area contributed by atoms with E-state index in [9.17, 15) is 29.7 Å². The molecule has 1 aliphatic carbocycles. The molecule has 0 unspecified atom stereocenters.